The van der Waals surface area contributed by atoms with Gasteiger partial charge in [-0.2, -0.15) is 33.9 Å². The maximum atomic E-state index is 12.9. The Morgan fingerprint density at radius 2 is 0.905 bits per heavy atom. The number of alkyl halides is 2. The van der Waals surface area contributed by atoms with Crippen LogP contribution in [0.15, 0.2) is 97.5 Å². The number of hydrogen-bond acceptors (Lipinski definition) is 27. The van der Waals surface area contributed by atoms with Crippen molar-refractivity contribution in [2.45, 2.75) is 124 Å². The lowest BCUT2D eigenvalue weighted by molar-refractivity contribution is -0.154. The molecule has 11 aliphatic heterocycles. The Hall–Kier alpha value is -7.61. The Morgan fingerprint density at radius 1 is 0.508 bits per heavy atom. The number of sulfonamides is 2. The Morgan fingerprint density at radius 3 is 1.31 bits per heavy atom. The van der Waals surface area contributed by atoms with Crippen molar-refractivity contribution < 1.29 is 91.8 Å². The van der Waals surface area contributed by atoms with Crippen molar-refractivity contribution in [3.05, 3.63) is 148 Å². The van der Waals surface area contributed by atoms with Crippen molar-refractivity contribution in [3.63, 3.8) is 0 Å². The first-order valence-corrected chi connectivity index (χ1v) is 49.0. The van der Waals surface area contributed by atoms with Gasteiger partial charge in [-0.05, 0) is 150 Å². The molecule has 15 aliphatic rings. The average Bonchev–Trinajstić information content (AvgIpc) is 1.56. The highest BCUT2D eigenvalue weighted by Crippen LogP contribution is 2.47. The molecule has 3 aromatic carbocycles. The maximum absolute atomic E-state index is 12.9. The fourth-order valence-corrected chi connectivity index (χ4v) is 22.7. The summed E-state index contributed by atoms with van der Waals surface area (Å²) in [7, 11) is -12.1. The highest BCUT2D eigenvalue weighted by Gasteiger charge is 2.50. The number of aromatic amines is 2. The molecule has 24 rings (SSSR count). The van der Waals surface area contributed by atoms with Crippen molar-refractivity contribution >= 4 is 130 Å². The number of hydrogen-bond donors (Lipinski definition) is 7. The van der Waals surface area contributed by atoms with Gasteiger partial charge < -0.3 is 84.1 Å². The standard InChI is InChI=1S/C21H24N4O5S.C14H11Cl3N2O5S.C12H15N.C8H9BrN2O2.C8H11N3O4S.C8H10N2O2.C5H8Br2O.C3H4N2O.H3N.H2O/c26-20(23-18-15-5-1-3-13(15)7-14-4-2-6-16(14)18)24-31(27,28)17-8-22-25-9-21(10-29-11-21)12-30-19(17)25;15-8-1-9(16)12(10(17)2-8)24-25(20,21)11-3-18-19-4-14(5-22-6-14)7-23-13(11)19;13-12-10-5-1-3-8(10)7-9-4-2-6-11(9)12;9-6-1-10-11-2-8(3-12-4-8)5-13-7(6)11;9-16(12,13)6-1-10-11-2-8(3-14-4-8)5-15-7(6)11;1-2-9-10-3-8(4-11-5-8)6-12-7(1)10;6-1-5(2-7)3-8-4-5;6-3-1-2-4-5-3;;/h7-8H,1-6,9-12H2,(H2,23,24,26);1-3H,4-7H2;7H,1-6,13H2;1H,2-5H2;1H,2-5H2,(H2,9,12,13);1-2H,3-6H2;1-4H2;1-2H,(H2,4,5,6);1H3;1H2. The SMILES string of the molecule is BrCC1(CBr)COC1.Brc1cnn2c1OCC1(COC1)C2.N.NS(=O)(=O)c1cnn2c1OCC1(COC1)C2.Nc1c2c(cc3c1CCC3)CCC2.O.O=C(Nc1c2c(cc3c1CCC3)CCC2)NS(=O)(=O)c1cnn2c1OCC1(COC1)C2.O=S(=O)(Oc1c(Cl)cc(Cl)cc1Cl)c1cnn2c1OCC1(COC1)C2.O=c1cc[nH][nH]1.c1cc2n(n1)CC1(COC1)CO2. The number of aromatic nitrogens is 12. The molecular formula is C79H97Br3Cl3N17O21S3. The van der Waals surface area contributed by atoms with Crippen LogP contribution in [0, 0.1) is 32.5 Å². The summed E-state index contributed by atoms with van der Waals surface area (Å²) in [6.45, 7) is 14.7. The molecule has 0 atom stereocenters. The molecule has 0 bridgehead atoms. The van der Waals surface area contributed by atoms with Gasteiger partial charge in [-0.1, -0.05) is 78.8 Å². The lowest BCUT2D eigenvalue weighted by Crippen LogP contribution is -2.52. The molecule has 6 aromatic heterocycles. The summed E-state index contributed by atoms with van der Waals surface area (Å²) in [5.74, 6) is 2.05. The van der Waals surface area contributed by atoms with Crippen molar-refractivity contribution in [2.75, 3.05) is 134 Å². The highest BCUT2D eigenvalue weighted by molar-refractivity contribution is 9.10. The van der Waals surface area contributed by atoms with Gasteiger partial charge in [-0.15, -0.1) is 0 Å². The van der Waals surface area contributed by atoms with E-state index < -0.39 is 36.2 Å². The number of aryl methyl sites for hydroxylation is 4. The summed E-state index contributed by atoms with van der Waals surface area (Å²) in [6, 6.07) is 9.91. The number of primary sulfonamides is 1. The molecule has 0 radical (unpaired) electrons. The van der Waals surface area contributed by atoms with E-state index in [0.717, 1.165) is 154 Å². The summed E-state index contributed by atoms with van der Waals surface area (Å²) in [5, 5.41) is 35.7. The Balaban J connectivity index is 0.000000116. The van der Waals surface area contributed by atoms with E-state index in [4.69, 9.17) is 102 Å². The third-order valence-electron chi connectivity index (χ3n) is 24.2. The third kappa shape index (κ3) is 19.4. The number of urea groups is 1. The van der Waals surface area contributed by atoms with Crippen LogP contribution in [0.3, 0.4) is 0 Å². The largest absolute Gasteiger partial charge is 0.477 e. The summed E-state index contributed by atoms with van der Waals surface area (Å²) >= 11 is 28.0. The molecule has 0 unspecified atom stereocenters. The fourth-order valence-electron chi connectivity index (χ4n) is 17.1. The molecule has 5 spiro atoms. The van der Waals surface area contributed by atoms with Crippen LogP contribution in [0.1, 0.15) is 70.2 Å². The molecular weight excluding hydrogens is 1970 g/mol. The van der Waals surface area contributed by atoms with Crippen molar-refractivity contribution in [1.29, 1.82) is 0 Å². The minimum absolute atomic E-state index is 0. The predicted molar refractivity (Wildman–Crippen MR) is 469 cm³/mol. The molecule has 0 saturated carbocycles. The number of carbonyl (C=O) groups excluding carboxylic acids is 1. The van der Waals surface area contributed by atoms with E-state index in [1.54, 1.807) is 18.6 Å². The van der Waals surface area contributed by atoms with Crippen LogP contribution >= 0.6 is 82.6 Å². The Labute approximate surface area is 765 Å². The molecule has 17 heterocycles. The van der Waals surface area contributed by atoms with E-state index in [1.807, 2.05) is 15.4 Å². The minimum Gasteiger partial charge on any atom is -0.477 e. The zero-order chi connectivity index (χ0) is 86.6. The number of nitrogen functional groups attached to an aromatic ring is 1. The molecule has 9 aromatic rings. The van der Waals surface area contributed by atoms with Gasteiger partial charge in [-0.3, -0.25) is 9.89 Å². The molecule has 47 heteroatoms. The van der Waals surface area contributed by atoms with Crippen LogP contribution in [0.25, 0.3) is 0 Å². The molecule has 6 saturated heterocycles. The van der Waals surface area contributed by atoms with Gasteiger partial charge in [0.05, 0.1) is 185 Å². The minimum atomic E-state index is -4.25. The number of amides is 2. The number of nitrogens with zero attached hydrogens (tertiary/aromatic N) is 10. The van der Waals surface area contributed by atoms with Crippen molar-refractivity contribution in [1.82, 2.24) is 70.0 Å². The number of rotatable bonds is 9. The number of carbonyl (C=O) groups is 1. The zero-order valence-corrected chi connectivity index (χ0v) is 77.9. The van der Waals surface area contributed by atoms with Crippen molar-refractivity contribution in [3.8, 4) is 35.1 Å². The third-order valence-corrected chi connectivity index (χ3v) is 31.3. The number of ether oxygens (including phenoxy) is 11. The summed E-state index contributed by atoms with van der Waals surface area (Å²) in [4.78, 5) is 22.4. The quantitative estimate of drug-likeness (QED) is 0.0407. The van der Waals surface area contributed by atoms with Crippen LogP contribution < -0.4 is 60.5 Å². The monoisotopic (exact) mass is 2060 g/mol. The van der Waals surface area contributed by atoms with E-state index in [0.29, 0.717) is 84.5 Å². The number of benzene rings is 3. The molecule has 684 valence electrons. The van der Waals surface area contributed by atoms with Crippen LogP contribution in [0.2, 0.25) is 15.1 Å². The van der Waals surface area contributed by atoms with E-state index in [2.05, 4.69) is 106 Å². The topological polar surface area (TPSA) is 511 Å². The molecule has 6 fully saturated rings. The van der Waals surface area contributed by atoms with E-state index in [1.165, 1.54) is 123 Å². The van der Waals surface area contributed by atoms with E-state index in [9.17, 15) is 34.8 Å². The smallest absolute Gasteiger partial charge is 0.346 e. The first kappa shape index (κ1) is 93.1. The number of anilines is 2. The van der Waals surface area contributed by atoms with Crippen LogP contribution in [0.4, 0.5) is 16.2 Å². The van der Waals surface area contributed by atoms with Gasteiger partial charge in [0.2, 0.25) is 39.4 Å². The van der Waals surface area contributed by atoms with Gasteiger partial charge in [0.15, 0.2) is 20.4 Å². The summed E-state index contributed by atoms with van der Waals surface area (Å²) < 4.78 is 149. The van der Waals surface area contributed by atoms with Crippen LogP contribution in [-0.2, 0) is 143 Å². The fraction of sp³-hybridized carbons (Fsp3) is 0.532. The molecule has 126 heavy (non-hydrogen) atoms. The number of fused-ring (bicyclic) bond motifs is 9. The first-order valence-electron chi connectivity index (χ1n) is 40.4. The first-order chi connectivity index (χ1) is 59.5. The van der Waals surface area contributed by atoms with Gasteiger partial charge in [0.1, 0.15) is 33.0 Å². The second-order valence-corrected chi connectivity index (χ2v) is 42.1. The molecule has 38 nitrogen and oxygen atoms in total. The summed E-state index contributed by atoms with van der Waals surface area (Å²) in [6.07, 6.45) is 22.2. The van der Waals surface area contributed by atoms with E-state index in [-0.39, 0.29) is 97.4 Å². The number of nitrogens with one attached hydrogen (secondary N) is 4. The van der Waals surface area contributed by atoms with Gasteiger partial charge >= 0.3 is 16.1 Å². The predicted octanol–water partition coefficient (Wildman–Crippen LogP) is 8.17. The maximum Gasteiger partial charge on any atom is 0.346 e. The lowest BCUT2D eigenvalue weighted by Gasteiger charge is -2.43. The van der Waals surface area contributed by atoms with Gasteiger partial charge in [0.25, 0.3) is 15.6 Å². The molecule has 13 N–H and O–H groups in total. The van der Waals surface area contributed by atoms with E-state index >= 15 is 0 Å². The van der Waals surface area contributed by atoms with Gasteiger partial charge in [-0.25, -0.2) is 54.9 Å². The average molecular weight is 2060 g/mol. The van der Waals surface area contributed by atoms with Crippen molar-refractivity contribution in [2.24, 2.45) is 37.6 Å². The number of halogens is 6. The molecule has 4 aliphatic carbocycles. The Kier molecular flexibility index (Phi) is 27.8. The normalized spacial score (nSPS) is 20.2. The van der Waals surface area contributed by atoms with Gasteiger partial charge in [0, 0.05) is 50.8 Å². The second-order valence-electron chi connectivity index (χ2n) is 34.2. The summed E-state index contributed by atoms with van der Waals surface area (Å²) in [5.41, 5.74) is 19.4. The number of nitrogens with two attached hydrogens (primary N) is 2. The molecule has 2 amide bonds. The highest BCUT2D eigenvalue weighted by atomic mass is 79.9. The lowest BCUT2D eigenvalue weighted by atomic mass is 9.86. The van der Waals surface area contributed by atoms with Crippen LogP contribution in [-0.4, -0.2) is 219 Å². The number of H-pyrrole nitrogens is 2. The van der Waals surface area contributed by atoms with Crippen LogP contribution in [0.5, 0.6) is 35.1 Å². The second kappa shape index (κ2) is 37.7. The Bertz CT molecular complexity index is 5800. The zero-order valence-electron chi connectivity index (χ0n) is 68.4.